The summed E-state index contributed by atoms with van der Waals surface area (Å²) in [6, 6.07) is 15.2. The number of hydrogen-bond donors (Lipinski definition) is 0. The molecule has 0 aliphatic rings. The highest BCUT2D eigenvalue weighted by Crippen LogP contribution is 2.18. The van der Waals surface area contributed by atoms with Gasteiger partial charge in [0.1, 0.15) is 18.0 Å². The highest BCUT2D eigenvalue weighted by Gasteiger charge is 2.22. The molecule has 0 unspecified atom stereocenters. The standard InChI is InChI=1S/C23H29NO5/c1-17(25)28-16-20-8-6-18(7-9-20)14-24(22(26)29-23(2,3)4)15-19-10-12-21(27-5)13-11-19/h6-13H,14-16H2,1-5H3. The maximum absolute atomic E-state index is 12.8. The van der Waals surface area contributed by atoms with Gasteiger partial charge in [-0.15, -0.1) is 0 Å². The zero-order valence-corrected chi connectivity index (χ0v) is 17.7. The highest BCUT2D eigenvalue weighted by molar-refractivity contribution is 5.68. The molecule has 29 heavy (non-hydrogen) atoms. The molecule has 0 saturated carbocycles. The Morgan fingerprint density at radius 2 is 1.34 bits per heavy atom. The van der Waals surface area contributed by atoms with Crippen LogP contribution in [-0.2, 0) is 34.0 Å². The zero-order valence-electron chi connectivity index (χ0n) is 17.7. The van der Waals surface area contributed by atoms with Gasteiger partial charge < -0.3 is 14.2 Å². The summed E-state index contributed by atoms with van der Waals surface area (Å²) in [5, 5.41) is 0. The van der Waals surface area contributed by atoms with Crippen LogP contribution in [0.5, 0.6) is 5.75 Å². The second-order valence-electron chi connectivity index (χ2n) is 7.78. The Morgan fingerprint density at radius 1 is 0.862 bits per heavy atom. The average Bonchev–Trinajstić information content (AvgIpc) is 2.66. The quantitative estimate of drug-likeness (QED) is 0.632. The molecule has 0 aliphatic carbocycles. The van der Waals surface area contributed by atoms with Gasteiger partial charge in [-0.05, 0) is 49.6 Å². The molecular weight excluding hydrogens is 370 g/mol. The Hall–Kier alpha value is -3.02. The van der Waals surface area contributed by atoms with Gasteiger partial charge in [0.15, 0.2) is 0 Å². The lowest BCUT2D eigenvalue weighted by atomic mass is 10.1. The molecule has 2 aromatic rings. The Kier molecular flexibility index (Phi) is 7.65. The summed E-state index contributed by atoms with van der Waals surface area (Å²) < 4.78 is 15.8. The van der Waals surface area contributed by atoms with Crippen molar-refractivity contribution in [3.8, 4) is 5.75 Å². The van der Waals surface area contributed by atoms with Gasteiger partial charge in [-0.2, -0.15) is 0 Å². The third-order valence-corrected chi connectivity index (χ3v) is 4.02. The normalized spacial score (nSPS) is 10.9. The number of methoxy groups -OCH3 is 1. The van der Waals surface area contributed by atoms with E-state index in [4.69, 9.17) is 14.2 Å². The van der Waals surface area contributed by atoms with Crippen molar-refractivity contribution in [1.29, 1.82) is 0 Å². The van der Waals surface area contributed by atoms with Crippen LogP contribution in [0.2, 0.25) is 0 Å². The van der Waals surface area contributed by atoms with E-state index in [-0.39, 0.29) is 18.7 Å². The molecule has 0 N–H and O–H groups in total. The van der Waals surface area contributed by atoms with Crippen LogP contribution in [0.25, 0.3) is 0 Å². The van der Waals surface area contributed by atoms with E-state index in [0.717, 1.165) is 22.4 Å². The maximum atomic E-state index is 12.8. The molecule has 0 heterocycles. The van der Waals surface area contributed by atoms with Gasteiger partial charge in [-0.3, -0.25) is 9.69 Å². The summed E-state index contributed by atoms with van der Waals surface area (Å²) in [5.74, 6) is 0.450. The van der Waals surface area contributed by atoms with E-state index < -0.39 is 5.60 Å². The topological polar surface area (TPSA) is 65.1 Å². The van der Waals surface area contributed by atoms with Crippen LogP contribution >= 0.6 is 0 Å². The first-order valence-corrected chi connectivity index (χ1v) is 9.48. The molecule has 1 amide bonds. The van der Waals surface area contributed by atoms with Crippen LogP contribution in [0.3, 0.4) is 0 Å². The van der Waals surface area contributed by atoms with Crippen molar-refractivity contribution in [3.63, 3.8) is 0 Å². The minimum Gasteiger partial charge on any atom is -0.497 e. The molecule has 0 fully saturated rings. The summed E-state index contributed by atoms with van der Waals surface area (Å²) in [6.45, 7) is 7.97. The molecule has 0 saturated heterocycles. The summed E-state index contributed by atoms with van der Waals surface area (Å²) in [5.41, 5.74) is 2.24. The summed E-state index contributed by atoms with van der Waals surface area (Å²) in [6.07, 6.45) is -0.377. The molecule has 0 bridgehead atoms. The van der Waals surface area contributed by atoms with E-state index >= 15 is 0 Å². The molecule has 0 aromatic heterocycles. The third kappa shape index (κ3) is 7.86. The average molecular weight is 399 g/mol. The van der Waals surface area contributed by atoms with E-state index in [9.17, 15) is 9.59 Å². The number of hydrogen-bond acceptors (Lipinski definition) is 5. The SMILES string of the molecule is COc1ccc(CN(Cc2ccc(COC(C)=O)cc2)C(=O)OC(C)(C)C)cc1. The van der Waals surface area contributed by atoms with Crippen LogP contribution in [0.1, 0.15) is 44.4 Å². The van der Waals surface area contributed by atoms with Crippen LogP contribution in [0.4, 0.5) is 4.79 Å². The number of nitrogens with zero attached hydrogens (tertiary/aromatic N) is 1. The lowest BCUT2D eigenvalue weighted by Gasteiger charge is -2.27. The maximum Gasteiger partial charge on any atom is 0.410 e. The minimum absolute atomic E-state index is 0.233. The van der Waals surface area contributed by atoms with Gasteiger partial charge in [0.2, 0.25) is 0 Å². The van der Waals surface area contributed by atoms with Crippen molar-refractivity contribution in [3.05, 3.63) is 65.2 Å². The highest BCUT2D eigenvalue weighted by atomic mass is 16.6. The summed E-state index contributed by atoms with van der Waals surface area (Å²) in [7, 11) is 1.62. The number of benzene rings is 2. The molecular formula is C23H29NO5. The fourth-order valence-electron chi connectivity index (χ4n) is 2.61. The molecule has 2 rings (SSSR count). The van der Waals surface area contributed by atoms with Crippen LogP contribution < -0.4 is 4.74 Å². The lowest BCUT2D eigenvalue weighted by Crippen LogP contribution is -2.36. The third-order valence-electron chi connectivity index (χ3n) is 4.02. The van der Waals surface area contributed by atoms with Gasteiger partial charge in [0.25, 0.3) is 0 Å². The second kappa shape index (κ2) is 9.96. The first-order valence-electron chi connectivity index (χ1n) is 9.48. The van der Waals surface area contributed by atoms with Crippen molar-refractivity contribution in [2.24, 2.45) is 0 Å². The Morgan fingerprint density at radius 3 is 1.79 bits per heavy atom. The lowest BCUT2D eigenvalue weighted by molar-refractivity contribution is -0.142. The largest absolute Gasteiger partial charge is 0.497 e. The fourth-order valence-corrected chi connectivity index (χ4v) is 2.61. The Labute approximate surface area is 172 Å². The fraction of sp³-hybridized carbons (Fsp3) is 0.391. The number of carbonyl (C=O) groups excluding carboxylic acids is 2. The van der Waals surface area contributed by atoms with Crippen LogP contribution in [0, 0.1) is 0 Å². The van der Waals surface area contributed by atoms with E-state index in [2.05, 4.69) is 0 Å². The molecule has 2 aromatic carbocycles. The summed E-state index contributed by atoms with van der Waals surface area (Å²) in [4.78, 5) is 25.4. The number of amides is 1. The Balaban J connectivity index is 2.13. The molecule has 0 spiro atoms. The number of rotatable bonds is 7. The Bertz CT molecular complexity index is 807. The number of ether oxygens (including phenoxy) is 3. The monoisotopic (exact) mass is 399 g/mol. The predicted octanol–water partition coefficient (Wildman–Crippen LogP) is 4.70. The summed E-state index contributed by atoms with van der Waals surface area (Å²) >= 11 is 0. The number of carbonyl (C=O) groups is 2. The molecule has 0 radical (unpaired) electrons. The predicted molar refractivity (Wildman–Crippen MR) is 110 cm³/mol. The number of esters is 1. The van der Waals surface area contributed by atoms with E-state index in [1.54, 1.807) is 12.0 Å². The van der Waals surface area contributed by atoms with E-state index in [1.165, 1.54) is 6.92 Å². The molecule has 0 aliphatic heterocycles. The van der Waals surface area contributed by atoms with Crippen molar-refractivity contribution >= 4 is 12.1 Å². The van der Waals surface area contributed by atoms with Gasteiger partial charge >= 0.3 is 12.1 Å². The molecule has 0 atom stereocenters. The first kappa shape index (κ1) is 22.3. The second-order valence-corrected chi connectivity index (χ2v) is 7.78. The van der Waals surface area contributed by atoms with Crippen molar-refractivity contribution in [1.82, 2.24) is 4.90 Å². The van der Waals surface area contributed by atoms with Crippen molar-refractivity contribution in [2.45, 2.75) is 53.0 Å². The van der Waals surface area contributed by atoms with Crippen LogP contribution in [0.15, 0.2) is 48.5 Å². The molecule has 6 nitrogen and oxygen atoms in total. The molecule has 156 valence electrons. The van der Waals surface area contributed by atoms with Gasteiger partial charge in [-0.1, -0.05) is 36.4 Å². The van der Waals surface area contributed by atoms with Gasteiger partial charge in [0, 0.05) is 20.0 Å². The minimum atomic E-state index is -0.580. The van der Waals surface area contributed by atoms with Crippen LogP contribution in [-0.4, -0.2) is 29.7 Å². The zero-order chi connectivity index (χ0) is 21.4. The smallest absolute Gasteiger partial charge is 0.410 e. The van der Waals surface area contributed by atoms with Gasteiger partial charge in [-0.25, -0.2) is 4.79 Å². The van der Waals surface area contributed by atoms with E-state index in [0.29, 0.717) is 13.1 Å². The van der Waals surface area contributed by atoms with Crippen molar-refractivity contribution < 1.29 is 23.8 Å². The first-order chi connectivity index (χ1) is 13.7. The van der Waals surface area contributed by atoms with Crippen molar-refractivity contribution in [2.75, 3.05) is 7.11 Å². The molecule has 6 heteroatoms. The van der Waals surface area contributed by atoms with E-state index in [1.807, 2.05) is 69.3 Å². The van der Waals surface area contributed by atoms with Gasteiger partial charge in [0.05, 0.1) is 7.11 Å².